The Bertz CT molecular complexity index is 270. The van der Waals surface area contributed by atoms with Crippen molar-refractivity contribution in [2.24, 2.45) is 11.5 Å². The van der Waals surface area contributed by atoms with Crippen LogP contribution < -0.4 is 17.2 Å². The van der Waals surface area contributed by atoms with Gasteiger partial charge in [-0.05, 0) is 12.1 Å². The van der Waals surface area contributed by atoms with E-state index in [9.17, 15) is 4.79 Å². The smallest absolute Gasteiger partial charge is 0.263 e. The molecule has 0 heterocycles. The van der Waals surface area contributed by atoms with E-state index in [0.29, 0.717) is 0 Å². The molecule has 0 aromatic heterocycles. The van der Waals surface area contributed by atoms with Gasteiger partial charge in [0.1, 0.15) is 0 Å². The minimum atomic E-state index is -0.657. The van der Waals surface area contributed by atoms with Gasteiger partial charge in [-0.1, -0.05) is 24.8 Å². The van der Waals surface area contributed by atoms with E-state index in [0.717, 1.165) is 5.69 Å². The summed E-state index contributed by atoms with van der Waals surface area (Å²) in [5.41, 5.74) is 15.4. The fourth-order valence-electron chi connectivity index (χ4n) is 0.453. The van der Waals surface area contributed by atoms with E-state index >= 15 is 0 Å². The zero-order chi connectivity index (χ0) is 10.3. The number of nitrogens with two attached hydrogens (primary N) is 3. The molecule has 0 fully saturated rings. The van der Waals surface area contributed by atoms with Gasteiger partial charge < -0.3 is 17.2 Å². The summed E-state index contributed by atoms with van der Waals surface area (Å²) < 4.78 is 0. The first-order chi connectivity index (χ1) is 6.04. The van der Waals surface area contributed by atoms with Crippen LogP contribution in [0.3, 0.4) is 0 Å². The summed E-state index contributed by atoms with van der Waals surface area (Å²) in [6, 6.07) is 9.49. The van der Waals surface area contributed by atoms with Gasteiger partial charge in [-0.25, -0.2) is 0 Å². The summed E-state index contributed by atoms with van der Waals surface area (Å²) in [5, 5.41) is 0. The zero-order valence-corrected chi connectivity index (χ0v) is 7.23. The molecular weight excluding hydrogens is 166 g/mol. The van der Waals surface area contributed by atoms with Gasteiger partial charge in [-0.2, -0.15) is 0 Å². The fraction of sp³-hybridized carbons (Fsp3) is 0. The maximum Gasteiger partial charge on any atom is 0.263 e. The third kappa shape index (κ3) is 6.43. The second-order valence-corrected chi connectivity index (χ2v) is 2.30. The number of nitrogen functional groups attached to an aromatic ring is 1. The minimum absolute atomic E-state index is 0.102. The highest BCUT2D eigenvalue weighted by Gasteiger charge is 1.87. The van der Waals surface area contributed by atoms with Crippen molar-refractivity contribution >= 4 is 11.6 Å². The van der Waals surface area contributed by atoms with E-state index in [1.165, 1.54) is 0 Å². The molecule has 0 bridgehead atoms. The van der Waals surface area contributed by atoms with Crippen LogP contribution in [-0.4, -0.2) is 5.91 Å². The van der Waals surface area contributed by atoms with Crippen LogP contribution in [0.25, 0.3) is 0 Å². The van der Waals surface area contributed by atoms with E-state index in [1.54, 1.807) is 0 Å². The predicted octanol–water partition coefficient (Wildman–Crippen LogP) is 0.213. The molecule has 1 amide bonds. The van der Waals surface area contributed by atoms with Gasteiger partial charge in [-0.3, -0.25) is 4.79 Å². The second-order valence-electron chi connectivity index (χ2n) is 2.30. The molecule has 0 aliphatic carbocycles. The van der Waals surface area contributed by atoms with Crippen LogP contribution in [0.2, 0.25) is 0 Å². The van der Waals surface area contributed by atoms with E-state index in [2.05, 4.69) is 12.3 Å². The summed E-state index contributed by atoms with van der Waals surface area (Å²) in [4.78, 5) is 9.70. The number of anilines is 1. The summed E-state index contributed by atoms with van der Waals surface area (Å²) >= 11 is 0. The summed E-state index contributed by atoms with van der Waals surface area (Å²) in [5.74, 6) is -0.657. The van der Waals surface area contributed by atoms with Crippen molar-refractivity contribution in [1.29, 1.82) is 0 Å². The molecule has 0 spiro atoms. The number of hydrogen-bond donors (Lipinski definition) is 3. The number of carbonyl (C=O) groups excluding carboxylic acids is 1. The van der Waals surface area contributed by atoms with Crippen molar-refractivity contribution in [2.75, 3.05) is 5.73 Å². The van der Waals surface area contributed by atoms with Crippen LogP contribution in [0.5, 0.6) is 0 Å². The molecule has 70 valence electrons. The van der Waals surface area contributed by atoms with Gasteiger partial charge >= 0.3 is 0 Å². The molecule has 0 saturated carbocycles. The van der Waals surface area contributed by atoms with Crippen LogP contribution in [0, 0.1) is 0 Å². The molecule has 6 N–H and O–H groups in total. The average molecular weight is 179 g/mol. The van der Waals surface area contributed by atoms with Crippen molar-refractivity contribution < 1.29 is 4.79 Å². The number of primary amides is 1. The summed E-state index contributed by atoms with van der Waals surface area (Å²) in [6.07, 6.45) is 0. The molecule has 0 saturated heterocycles. The molecule has 1 rings (SSSR count). The summed E-state index contributed by atoms with van der Waals surface area (Å²) in [6.45, 7) is 3.06. The van der Waals surface area contributed by atoms with E-state index in [1.807, 2.05) is 30.3 Å². The number of amides is 1. The highest BCUT2D eigenvalue weighted by Crippen LogP contribution is 1.95. The molecule has 0 aliphatic rings. The Morgan fingerprint density at radius 1 is 1.15 bits per heavy atom. The maximum atomic E-state index is 9.70. The van der Waals surface area contributed by atoms with Gasteiger partial charge in [0.2, 0.25) is 0 Å². The van der Waals surface area contributed by atoms with Gasteiger partial charge in [0.05, 0.1) is 5.70 Å². The third-order valence-electron chi connectivity index (χ3n) is 1.12. The number of benzene rings is 1. The van der Waals surface area contributed by atoms with Crippen molar-refractivity contribution in [3.63, 3.8) is 0 Å². The van der Waals surface area contributed by atoms with E-state index < -0.39 is 5.91 Å². The first kappa shape index (κ1) is 11.0. The molecule has 0 atom stereocenters. The third-order valence-corrected chi connectivity index (χ3v) is 1.12. The molecule has 0 aliphatic heterocycles. The lowest BCUT2D eigenvalue weighted by Gasteiger charge is -1.83. The fourth-order valence-corrected chi connectivity index (χ4v) is 0.453. The minimum Gasteiger partial charge on any atom is -0.399 e. The van der Waals surface area contributed by atoms with Crippen molar-refractivity contribution in [3.8, 4) is 0 Å². The van der Waals surface area contributed by atoms with Crippen molar-refractivity contribution in [2.45, 2.75) is 0 Å². The quantitative estimate of drug-likeness (QED) is 0.425. The lowest BCUT2D eigenvalue weighted by Crippen LogP contribution is -2.18. The van der Waals surface area contributed by atoms with Gasteiger partial charge in [0.15, 0.2) is 0 Å². The Labute approximate surface area is 77.0 Å². The molecule has 1 aromatic carbocycles. The Balaban J connectivity index is 0.000000226. The van der Waals surface area contributed by atoms with Crippen LogP contribution in [0.15, 0.2) is 42.6 Å². The van der Waals surface area contributed by atoms with Crippen LogP contribution in [0.4, 0.5) is 5.69 Å². The molecule has 1 aromatic rings. The SMILES string of the molecule is C=C(N)C(N)=O.Nc1ccccc1. The predicted molar refractivity (Wildman–Crippen MR) is 53.4 cm³/mol. The molecule has 13 heavy (non-hydrogen) atoms. The number of para-hydroxylation sites is 1. The number of hydrogen-bond acceptors (Lipinski definition) is 3. The standard InChI is InChI=1S/C6H7N.C3H6N2O/c7-6-4-2-1-3-5-6;1-2(4)3(5)6/h1-5H,7H2;1,4H2,(H2,5,6). The van der Waals surface area contributed by atoms with Crippen LogP contribution >= 0.6 is 0 Å². The lowest BCUT2D eigenvalue weighted by atomic mass is 10.3. The van der Waals surface area contributed by atoms with E-state index in [-0.39, 0.29) is 5.70 Å². The van der Waals surface area contributed by atoms with Crippen molar-refractivity contribution in [3.05, 3.63) is 42.6 Å². The normalized spacial score (nSPS) is 8.00. The number of carbonyl (C=O) groups is 1. The van der Waals surface area contributed by atoms with Gasteiger partial charge in [0, 0.05) is 5.69 Å². The van der Waals surface area contributed by atoms with Crippen molar-refractivity contribution in [1.82, 2.24) is 0 Å². The van der Waals surface area contributed by atoms with Crippen LogP contribution in [0.1, 0.15) is 0 Å². The molecule has 4 nitrogen and oxygen atoms in total. The monoisotopic (exact) mass is 179 g/mol. The first-order valence-electron chi connectivity index (χ1n) is 3.58. The molecule has 0 radical (unpaired) electrons. The van der Waals surface area contributed by atoms with Gasteiger partial charge in [0.25, 0.3) is 5.91 Å². The Morgan fingerprint density at radius 3 is 1.69 bits per heavy atom. The Kier molecular flexibility index (Phi) is 4.79. The molecular formula is C9H13N3O. The summed E-state index contributed by atoms with van der Waals surface area (Å²) in [7, 11) is 0. The van der Waals surface area contributed by atoms with E-state index in [4.69, 9.17) is 11.5 Å². The Hall–Kier alpha value is -1.97. The molecule has 4 heteroatoms. The highest BCUT2D eigenvalue weighted by molar-refractivity contribution is 5.90. The Morgan fingerprint density at radius 2 is 1.54 bits per heavy atom. The zero-order valence-electron chi connectivity index (χ0n) is 7.23. The first-order valence-corrected chi connectivity index (χ1v) is 3.58. The number of rotatable bonds is 1. The van der Waals surface area contributed by atoms with Crippen LogP contribution in [-0.2, 0) is 4.79 Å². The lowest BCUT2D eigenvalue weighted by molar-refractivity contribution is -0.114. The highest BCUT2D eigenvalue weighted by atomic mass is 16.1. The average Bonchev–Trinajstić information content (AvgIpc) is 2.06. The maximum absolute atomic E-state index is 9.70. The topological polar surface area (TPSA) is 95.1 Å². The molecule has 0 unspecified atom stereocenters. The largest absolute Gasteiger partial charge is 0.399 e. The van der Waals surface area contributed by atoms with Gasteiger partial charge in [-0.15, -0.1) is 0 Å². The second kappa shape index (κ2) is 5.65.